The summed E-state index contributed by atoms with van der Waals surface area (Å²) in [4.78, 5) is 66.8. The number of rotatable bonds is 9. The van der Waals surface area contributed by atoms with Gasteiger partial charge in [0.2, 0.25) is 5.91 Å². The van der Waals surface area contributed by atoms with Gasteiger partial charge in [-0.25, -0.2) is 14.8 Å². The Morgan fingerprint density at radius 3 is 2.25 bits per heavy atom. The number of hydrogen-bond acceptors (Lipinski definition) is 10. The van der Waals surface area contributed by atoms with Crippen molar-refractivity contribution >= 4 is 29.7 Å². The number of carbonyl (C=O) groups excluding carboxylic acids is 4. The standard InChI is InChI=1S/C31H43N7O6/c1-5-43-30(42)38-19-17-37(18-20-38)29(41)23(11-12-26(39)44-31(2,3)4)34-28(40)24-21-25(36-15-13-32-14-16-36)35-27(33-24)22-9-7-6-8-10-22/h6-10,21,23,32H,5,11-20H2,1-4H3,(H,34,40)/t23-/m0/s1. The van der Waals surface area contributed by atoms with E-state index in [9.17, 15) is 19.2 Å². The van der Waals surface area contributed by atoms with E-state index in [2.05, 4.69) is 20.5 Å². The van der Waals surface area contributed by atoms with Gasteiger partial charge in [-0.2, -0.15) is 0 Å². The fraction of sp³-hybridized carbons (Fsp3) is 0.548. The largest absolute Gasteiger partial charge is 0.460 e. The Bertz CT molecular complexity index is 1300. The summed E-state index contributed by atoms with van der Waals surface area (Å²) in [7, 11) is 0. The molecule has 4 rings (SSSR count). The normalized spacial score (nSPS) is 16.2. The molecular weight excluding hydrogens is 566 g/mol. The average molecular weight is 610 g/mol. The predicted molar refractivity (Wildman–Crippen MR) is 164 cm³/mol. The van der Waals surface area contributed by atoms with E-state index in [0.717, 1.165) is 31.7 Å². The van der Waals surface area contributed by atoms with Gasteiger partial charge in [-0.3, -0.25) is 14.4 Å². The summed E-state index contributed by atoms with van der Waals surface area (Å²) in [5, 5.41) is 6.16. The van der Waals surface area contributed by atoms with Gasteiger partial charge in [0.15, 0.2) is 5.82 Å². The van der Waals surface area contributed by atoms with Crippen LogP contribution in [0.2, 0.25) is 0 Å². The van der Waals surface area contributed by atoms with Gasteiger partial charge in [-0.1, -0.05) is 30.3 Å². The van der Waals surface area contributed by atoms with Gasteiger partial charge >= 0.3 is 12.1 Å². The van der Waals surface area contributed by atoms with Gasteiger partial charge in [-0.05, 0) is 34.1 Å². The van der Waals surface area contributed by atoms with Crippen molar-refractivity contribution in [2.75, 3.05) is 63.9 Å². The first kappa shape index (κ1) is 32.6. The Kier molecular flexibility index (Phi) is 11.1. The number of anilines is 1. The summed E-state index contributed by atoms with van der Waals surface area (Å²) in [5.74, 6) is -0.333. The molecule has 0 bridgehead atoms. The lowest BCUT2D eigenvalue weighted by Crippen LogP contribution is -2.56. The number of nitrogens with one attached hydrogen (secondary N) is 2. The number of benzene rings is 1. The molecule has 2 N–H and O–H groups in total. The first-order chi connectivity index (χ1) is 21.0. The molecular formula is C31H43N7O6. The second-order valence-corrected chi connectivity index (χ2v) is 11.7. The van der Waals surface area contributed by atoms with Crippen LogP contribution in [-0.4, -0.2) is 114 Å². The molecule has 2 aliphatic heterocycles. The molecule has 3 heterocycles. The zero-order valence-electron chi connectivity index (χ0n) is 26.0. The van der Waals surface area contributed by atoms with E-state index in [0.29, 0.717) is 24.7 Å². The first-order valence-corrected chi connectivity index (χ1v) is 15.2. The molecule has 238 valence electrons. The zero-order chi connectivity index (χ0) is 31.7. The smallest absolute Gasteiger partial charge is 0.409 e. The van der Waals surface area contributed by atoms with Crippen molar-refractivity contribution in [1.29, 1.82) is 0 Å². The highest BCUT2D eigenvalue weighted by molar-refractivity contribution is 5.97. The highest BCUT2D eigenvalue weighted by Crippen LogP contribution is 2.21. The topological polar surface area (TPSA) is 146 Å². The number of carbonyl (C=O) groups is 4. The summed E-state index contributed by atoms with van der Waals surface area (Å²) in [5.41, 5.74) is 0.198. The second-order valence-electron chi connectivity index (χ2n) is 11.7. The van der Waals surface area contributed by atoms with Gasteiger partial charge in [0.05, 0.1) is 6.61 Å². The van der Waals surface area contributed by atoms with Crippen molar-refractivity contribution in [2.45, 2.75) is 52.2 Å². The molecule has 13 nitrogen and oxygen atoms in total. The summed E-state index contributed by atoms with van der Waals surface area (Å²) >= 11 is 0. The number of hydrogen-bond donors (Lipinski definition) is 2. The molecule has 0 saturated carbocycles. The minimum absolute atomic E-state index is 0.0405. The molecule has 0 radical (unpaired) electrons. The molecule has 3 amide bonds. The lowest BCUT2D eigenvalue weighted by molar-refractivity contribution is -0.155. The van der Waals surface area contributed by atoms with Crippen molar-refractivity contribution in [3.8, 4) is 11.4 Å². The fourth-order valence-electron chi connectivity index (χ4n) is 5.01. The maximum absolute atomic E-state index is 13.8. The van der Waals surface area contributed by atoms with Crippen molar-refractivity contribution in [3.05, 3.63) is 42.1 Å². The molecule has 2 fully saturated rings. The SMILES string of the molecule is CCOC(=O)N1CCN(C(=O)[C@H](CCC(=O)OC(C)(C)C)NC(=O)c2cc(N3CCNCC3)nc(-c3ccccc3)n2)CC1. The van der Waals surface area contributed by atoms with Crippen LogP contribution in [0.1, 0.15) is 51.0 Å². The van der Waals surface area contributed by atoms with Crippen LogP contribution in [0.3, 0.4) is 0 Å². The van der Waals surface area contributed by atoms with E-state index >= 15 is 0 Å². The van der Waals surface area contributed by atoms with Crippen LogP contribution in [0, 0.1) is 0 Å². The highest BCUT2D eigenvalue weighted by Gasteiger charge is 2.32. The fourth-order valence-corrected chi connectivity index (χ4v) is 5.01. The third kappa shape index (κ3) is 9.12. The van der Waals surface area contributed by atoms with Crippen molar-refractivity contribution in [2.24, 2.45) is 0 Å². The van der Waals surface area contributed by atoms with Crippen LogP contribution in [0.15, 0.2) is 36.4 Å². The van der Waals surface area contributed by atoms with Gasteiger partial charge in [0.25, 0.3) is 5.91 Å². The summed E-state index contributed by atoms with van der Waals surface area (Å²) in [6.07, 6.45) is -0.451. The van der Waals surface area contributed by atoms with Gasteiger partial charge in [0.1, 0.15) is 23.2 Å². The quantitative estimate of drug-likeness (QED) is 0.405. The lowest BCUT2D eigenvalue weighted by atomic mass is 10.1. The number of amides is 3. The van der Waals surface area contributed by atoms with Crippen LogP contribution in [0.4, 0.5) is 10.6 Å². The van der Waals surface area contributed by atoms with Crippen LogP contribution >= 0.6 is 0 Å². The van der Waals surface area contributed by atoms with E-state index in [4.69, 9.17) is 14.5 Å². The van der Waals surface area contributed by atoms with Crippen molar-refractivity contribution in [1.82, 2.24) is 30.4 Å². The van der Waals surface area contributed by atoms with E-state index in [1.165, 1.54) is 0 Å². The minimum atomic E-state index is -1.01. The van der Waals surface area contributed by atoms with Gasteiger partial charge in [-0.15, -0.1) is 0 Å². The molecule has 1 aromatic carbocycles. The predicted octanol–water partition coefficient (Wildman–Crippen LogP) is 2.07. The third-order valence-corrected chi connectivity index (χ3v) is 7.20. The maximum atomic E-state index is 13.8. The number of aromatic nitrogens is 2. The summed E-state index contributed by atoms with van der Waals surface area (Å²) < 4.78 is 10.5. The maximum Gasteiger partial charge on any atom is 0.409 e. The molecule has 2 aromatic rings. The molecule has 0 aliphatic carbocycles. The van der Waals surface area contributed by atoms with E-state index in [1.54, 1.807) is 43.6 Å². The Morgan fingerprint density at radius 1 is 0.955 bits per heavy atom. The first-order valence-electron chi connectivity index (χ1n) is 15.2. The highest BCUT2D eigenvalue weighted by atomic mass is 16.6. The zero-order valence-corrected chi connectivity index (χ0v) is 26.0. The minimum Gasteiger partial charge on any atom is -0.460 e. The van der Waals surface area contributed by atoms with Crippen molar-refractivity contribution in [3.63, 3.8) is 0 Å². The monoisotopic (exact) mass is 609 g/mol. The van der Waals surface area contributed by atoms with Gasteiger partial charge < -0.3 is 34.8 Å². The summed E-state index contributed by atoms with van der Waals surface area (Å²) in [6.45, 7) is 11.5. The number of nitrogens with zero attached hydrogens (tertiary/aromatic N) is 5. The van der Waals surface area contributed by atoms with E-state index in [-0.39, 0.29) is 44.1 Å². The molecule has 1 aromatic heterocycles. The average Bonchev–Trinajstić information content (AvgIpc) is 3.02. The Balaban J connectivity index is 1.56. The molecule has 1 atom stereocenters. The number of esters is 1. The number of ether oxygens (including phenoxy) is 2. The molecule has 13 heteroatoms. The molecule has 0 unspecified atom stereocenters. The van der Waals surface area contributed by atoms with E-state index < -0.39 is 29.6 Å². The molecule has 44 heavy (non-hydrogen) atoms. The summed E-state index contributed by atoms with van der Waals surface area (Å²) in [6, 6.07) is 10.0. The Labute approximate surface area is 258 Å². The van der Waals surface area contributed by atoms with E-state index in [1.807, 2.05) is 30.3 Å². The molecule has 2 aliphatic rings. The van der Waals surface area contributed by atoms with Crippen LogP contribution < -0.4 is 15.5 Å². The van der Waals surface area contributed by atoms with Crippen molar-refractivity contribution < 1.29 is 28.7 Å². The Morgan fingerprint density at radius 2 is 1.61 bits per heavy atom. The van der Waals surface area contributed by atoms with Crippen LogP contribution in [0.5, 0.6) is 0 Å². The van der Waals surface area contributed by atoms with Crippen LogP contribution in [0.25, 0.3) is 11.4 Å². The van der Waals surface area contributed by atoms with Crippen LogP contribution in [-0.2, 0) is 19.1 Å². The number of piperazine rings is 2. The lowest BCUT2D eigenvalue weighted by Gasteiger charge is -2.36. The Hall–Kier alpha value is -4.26. The second kappa shape index (κ2) is 15.0. The molecule has 0 spiro atoms. The third-order valence-electron chi connectivity index (χ3n) is 7.20. The van der Waals surface area contributed by atoms with Gasteiger partial charge in [0, 0.05) is 70.4 Å². The molecule has 2 saturated heterocycles.